The average Bonchev–Trinajstić information content (AvgIpc) is 3.19. The van der Waals surface area contributed by atoms with Gasteiger partial charge in [-0.25, -0.2) is 9.97 Å². The summed E-state index contributed by atoms with van der Waals surface area (Å²) in [4.78, 5) is 11.7. The number of rotatable bonds is 2. The minimum atomic E-state index is 0.807. The predicted molar refractivity (Wildman–Crippen MR) is 86.2 cm³/mol. The van der Waals surface area contributed by atoms with Crippen LogP contribution < -0.4 is 0 Å². The second-order valence-electron chi connectivity index (χ2n) is 4.39. The van der Waals surface area contributed by atoms with Gasteiger partial charge in [0.1, 0.15) is 0 Å². The number of hydrogen-bond donors (Lipinski definition) is 0. The van der Waals surface area contributed by atoms with Crippen molar-refractivity contribution in [3.8, 4) is 21.1 Å². The van der Waals surface area contributed by atoms with E-state index in [0.717, 1.165) is 22.4 Å². The number of hydrogen-bond acceptors (Lipinski definition) is 4. The lowest BCUT2D eigenvalue weighted by Crippen LogP contribution is -1.88. The molecule has 0 aliphatic heterocycles. The highest BCUT2D eigenvalue weighted by molar-refractivity contribution is 7.13. The molecule has 0 saturated carbocycles. The molecule has 0 N–H and O–H groups in total. The average molecular weight is 294 g/mol. The highest BCUT2D eigenvalue weighted by Crippen LogP contribution is 2.27. The van der Waals surface area contributed by atoms with Gasteiger partial charge in [0.25, 0.3) is 0 Å². The first kappa shape index (κ1) is 11.8. The van der Waals surface area contributed by atoms with Gasteiger partial charge in [0, 0.05) is 5.39 Å². The molecule has 0 amide bonds. The first-order chi connectivity index (χ1) is 9.90. The zero-order valence-electron chi connectivity index (χ0n) is 10.5. The Morgan fingerprint density at radius 3 is 1.65 bits per heavy atom. The molecule has 2 nitrogen and oxygen atoms in total. The lowest BCUT2D eigenvalue weighted by molar-refractivity contribution is 1.30. The first-order valence-corrected chi connectivity index (χ1v) is 8.02. The fraction of sp³-hybridized carbons (Fsp3) is 0. The van der Waals surface area contributed by atoms with Crippen molar-refractivity contribution < 1.29 is 0 Å². The van der Waals surface area contributed by atoms with Crippen LogP contribution in [0.15, 0.2) is 59.3 Å². The summed E-state index contributed by atoms with van der Waals surface area (Å²) >= 11 is 3.40. The van der Waals surface area contributed by atoms with Gasteiger partial charge < -0.3 is 0 Å². The zero-order chi connectivity index (χ0) is 13.4. The van der Waals surface area contributed by atoms with Gasteiger partial charge in [-0.2, -0.15) is 0 Å². The molecule has 0 unspecified atom stereocenters. The van der Waals surface area contributed by atoms with E-state index < -0.39 is 0 Å². The van der Waals surface area contributed by atoms with E-state index in [9.17, 15) is 0 Å². The number of fused-ring (bicyclic) bond motifs is 1. The van der Waals surface area contributed by atoms with Crippen molar-refractivity contribution in [3.63, 3.8) is 0 Å². The second kappa shape index (κ2) is 4.81. The summed E-state index contributed by atoms with van der Waals surface area (Å²) in [5.41, 5.74) is 2.79. The van der Waals surface area contributed by atoms with Crippen molar-refractivity contribution in [2.75, 3.05) is 0 Å². The van der Waals surface area contributed by atoms with Crippen LogP contribution in [-0.2, 0) is 0 Å². The summed E-state index contributed by atoms with van der Waals surface area (Å²) in [5.74, 6) is 0. The number of thiophene rings is 2. The van der Waals surface area contributed by atoms with Crippen LogP contribution >= 0.6 is 22.7 Å². The Bertz CT molecular complexity index is 780. The molecule has 0 aliphatic rings. The Labute approximate surface area is 124 Å². The molecule has 20 heavy (non-hydrogen) atoms. The van der Waals surface area contributed by atoms with E-state index in [0.29, 0.717) is 0 Å². The second-order valence-corrected chi connectivity index (χ2v) is 6.29. The van der Waals surface area contributed by atoms with Gasteiger partial charge in [0.15, 0.2) is 5.65 Å². The van der Waals surface area contributed by atoms with E-state index in [4.69, 9.17) is 9.97 Å². The van der Waals surface area contributed by atoms with Gasteiger partial charge in [-0.15, -0.1) is 22.7 Å². The van der Waals surface area contributed by atoms with Gasteiger partial charge in [-0.3, -0.25) is 0 Å². The Kier molecular flexibility index (Phi) is 2.83. The summed E-state index contributed by atoms with van der Waals surface area (Å²) < 4.78 is 0. The largest absolute Gasteiger partial charge is 0.227 e. The predicted octanol–water partition coefficient (Wildman–Crippen LogP) is 5.09. The van der Waals surface area contributed by atoms with Crippen molar-refractivity contribution in [3.05, 3.63) is 59.3 Å². The molecule has 4 aromatic heterocycles. The lowest BCUT2D eigenvalue weighted by atomic mass is 10.2. The van der Waals surface area contributed by atoms with E-state index in [1.165, 1.54) is 9.75 Å². The molecule has 4 heterocycles. The highest BCUT2D eigenvalue weighted by atomic mass is 32.1. The van der Waals surface area contributed by atoms with Crippen molar-refractivity contribution in [2.45, 2.75) is 0 Å². The van der Waals surface area contributed by atoms with Gasteiger partial charge in [0.05, 0.1) is 21.1 Å². The van der Waals surface area contributed by atoms with Gasteiger partial charge >= 0.3 is 0 Å². The fourth-order valence-corrected chi connectivity index (χ4v) is 3.51. The Morgan fingerprint density at radius 1 is 0.650 bits per heavy atom. The molecular weight excluding hydrogens is 284 g/mol. The van der Waals surface area contributed by atoms with Gasteiger partial charge in [0.2, 0.25) is 0 Å². The van der Waals surface area contributed by atoms with E-state index >= 15 is 0 Å². The molecule has 0 fully saturated rings. The lowest BCUT2D eigenvalue weighted by Gasteiger charge is -2.02. The zero-order valence-corrected chi connectivity index (χ0v) is 12.1. The number of nitrogens with zero attached hydrogens (tertiary/aromatic N) is 2. The molecule has 0 aromatic carbocycles. The normalized spacial score (nSPS) is 11.0. The molecule has 0 aliphatic carbocycles. The minimum absolute atomic E-state index is 0.807. The molecule has 4 aromatic rings. The molecule has 4 rings (SSSR count). The maximum atomic E-state index is 4.69. The standard InChI is InChI=1S/C16H10N2S2/c1-3-14(19-9-1)12-7-5-11-6-8-13(18-16(11)17-12)15-4-2-10-20-15/h1-10H. The van der Waals surface area contributed by atoms with Crippen LogP contribution in [0.25, 0.3) is 32.2 Å². The fourth-order valence-electron chi connectivity index (χ4n) is 2.12. The number of pyridine rings is 2. The van der Waals surface area contributed by atoms with Crippen LogP contribution in [0.4, 0.5) is 0 Å². The summed E-state index contributed by atoms with van der Waals surface area (Å²) in [7, 11) is 0. The van der Waals surface area contributed by atoms with Crippen molar-refractivity contribution >= 4 is 33.7 Å². The third kappa shape index (κ3) is 2.03. The molecule has 0 bridgehead atoms. The van der Waals surface area contributed by atoms with Crippen LogP contribution in [-0.4, -0.2) is 9.97 Å². The Morgan fingerprint density at radius 2 is 1.20 bits per heavy atom. The van der Waals surface area contributed by atoms with Crippen molar-refractivity contribution in [1.82, 2.24) is 9.97 Å². The molecule has 0 atom stereocenters. The molecule has 0 radical (unpaired) electrons. The topological polar surface area (TPSA) is 25.8 Å². The van der Waals surface area contributed by atoms with E-state index in [1.54, 1.807) is 22.7 Å². The van der Waals surface area contributed by atoms with Crippen LogP contribution in [0.2, 0.25) is 0 Å². The highest BCUT2D eigenvalue weighted by Gasteiger charge is 2.06. The number of aromatic nitrogens is 2. The molecular formula is C16H10N2S2. The van der Waals surface area contributed by atoms with Crippen molar-refractivity contribution in [2.24, 2.45) is 0 Å². The van der Waals surface area contributed by atoms with Gasteiger partial charge in [-0.05, 0) is 47.2 Å². The maximum Gasteiger partial charge on any atom is 0.160 e. The van der Waals surface area contributed by atoms with Crippen LogP contribution in [0.5, 0.6) is 0 Å². The molecule has 0 saturated heterocycles. The monoisotopic (exact) mass is 294 g/mol. The summed E-state index contributed by atoms with van der Waals surface area (Å²) in [6, 6.07) is 16.5. The smallest absolute Gasteiger partial charge is 0.160 e. The van der Waals surface area contributed by atoms with Crippen molar-refractivity contribution in [1.29, 1.82) is 0 Å². The molecule has 0 spiro atoms. The molecule has 96 valence electrons. The first-order valence-electron chi connectivity index (χ1n) is 6.26. The van der Waals surface area contributed by atoms with Gasteiger partial charge in [-0.1, -0.05) is 12.1 Å². The third-order valence-corrected chi connectivity index (χ3v) is 4.88. The Balaban J connectivity index is 1.88. The van der Waals surface area contributed by atoms with Crippen LogP contribution in [0, 0.1) is 0 Å². The summed E-state index contributed by atoms with van der Waals surface area (Å²) in [5, 5.41) is 5.21. The third-order valence-electron chi connectivity index (χ3n) is 3.10. The summed E-state index contributed by atoms with van der Waals surface area (Å²) in [6.07, 6.45) is 0. The molecule has 4 heteroatoms. The maximum absolute atomic E-state index is 4.69. The van der Waals surface area contributed by atoms with E-state index in [1.807, 2.05) is 12.1 Å². The van der Waals surface area contributed by atoms with E-state index in [2.05, 4.69) is 47.2 Å². The SMILES string of the molecule is c1csc(-c2ccc3ccc(-c4cccs4)nc3n2)c1. The quantitative estimate of drug-likeness (QED) is 0.515. The van der Waals surface area contributed by atoms with Crippen LogP contribution in [0.1, 0.15) is 0 Å². The minimum Gasteiger partial charge on any atom is -0.227 e. The Hall–Kier alpha value is -2.04. The summed E-state index contributed by atoms with van der Waals surface area (Å²) in [6.45, 7) is 0. The van der Waals surface area contributed by atoms with E-state index in [-0.39, 0.29) is 0 Å². The van der Waals surface area contributed by atoms with Crippen LogP contribution in [0.3, 0.4) is 0 Å².